The second kappa shape index (κ2) is 5.57. The van der Waals surface area contributed by atoms with E-state index in [9.17, 15) is 4.89 Å². The second-order valence-corrected chi connectivity index (χ2v) is 6.58. The van der Waals surface area contributed by atoms with Gasteiger partial charge in [-0.25, -0.2) is 0 Å². The van der Waals surface area contributed by atoms with Crippen LogP contribution in [0.15, 0.2) is 72.8 Å². The maximum atomic E-state index is 10.3. The first-order chi connectivity index (χ1) is 10.8. The summed E-state index contributed by atoms with van der Waals surface area (Å²) in [4.78, 5) is 10.3. The van der Waals surface area contributed by atoms with Gasteiger partial charge in [0.1, 0.15) is 5.75 Å². The molecule has 1 aliphatic heterocycles. The molecule has 4 rings (SSSR count). The smallest absolute Gasteiger partial charge is 0.262 e. The van der Waals surface area contributed by atoms with E-state index in [-0.39, 0.29) is 0 Å². The Bertz CT molecular complexity index is 815. The highest BCUT2D eigenvalue weighted by atomic mass is 31.2. The van der Waals surface area contributed by atoms with Crippen molar-refractivity contribution in [1.82, 2.24) is 0 Å². The summed E-state index contributed by atoms with van der Waals surface area (Å²) in [5.41, 5.74) is 4.58. The molecule has 108 valence electrons. The molecule has 0 fully saturated rings. The third-order valence-electron chi connectivity index (χ3n) is 3.88. The summed E-state index contributed by atoms with van der Waals surface area (Å²) in [6.45, 7) is 0. The molecule has 22 heavy (non-hydrogen) atoms. The Balaban J connectivity index is 1.74. The van der Waals surface area contributed by atoms with Gasteiger partial charge in [-0.2, -0.15) is 0 Å². The van der Waals surface area contributed by atoms with Crippen molar-refractivity contribution in [2.75, 3.05) is 0 Å². The van der Waals surface area contributed by atoms with Gasteiger partial charge in [-0.15, -0.1) is 0 Å². The van der Waals surface area contributed by atoms with Crippen molar-refractivity contribution in [3.8, 4) is 16.9 Å². The molecule has 3 aromatic carbocycles. The monoisotopic (exact) mass is 306 g/mol. The van der Waals surface area contributed by atoms with Gasteiger partial charge < -0.3 is 9.42 Å². The molecule has 0 spiro atoms. The Morgan fingerprint density at radius 3 is 2.41 bits per heavy atom. The van der Waals surface area contributed by atoms with Crippen LogP contribution in [0, 0.1) is 0 Å². The first-order valence-electron chi connectivity index (χ1n) is 7.24. The lowest BCUT2D eigenvalue weighted by molar-refractivity contribution is 0.498. The highest BCUT2D eigenvalue weighted by molar-refractivity contribution is 7.56. The van der Waals surface area contributed by atoms with E-state index in [1.807, 2.05) is 42.5 Å². The molecule has 0 aromatic heterocycles. The molecule has 0 aliphatic carbocycles. The van der Waals surface area contributed by atoms with Gasteiger partial charge in [0.15, 0.2) is 0 Å². The van der Waals surface area contributed by atoms with E-state index in [0.29, 0.717) is 0 Å². The highest BCUT2D eigenvalue weighted by Gasteiger charge is 2.25. The van der Waals surface area contributed by atoms with Crippen molar-refractivity contribution < 1.29 is 9.42 Å². The zero-order valence-electron chi connectivity index (χ0n) is 11.9. The van der Waals surface area contributed by atoms with Crippen LogP contribution in [0.1, 0.15) is 11.1 Å². The molecule has 0 saturated heterocycles. The summed E-state index contributed by atoms with van der Waals surface area (Å²) >= 11 is 0. The predicted octanol–water partition coefficient (Wildman–Crippen LogP) is 4.27. The fourth-order valence-electron chi connectivity index (χ4n) is 2.82. The van der Waals surface area contributed by atoms with Crippen LogP contribution in [0.5, 0.6) is 5.75 Å². The molecule has 0 saturated carbocycles. The fraction of sp³-hybridized carbons (Fsp3) is 0.0526. The van der Waals surface area contributed by atoms with Crippen LogP contribution in [0.25, 0.3) is 11.1 Å². The largest absolute Gasteiger partial charge is 0.443 e. The molecule has 3 heteroatoms. The van der Waals surface area contributed by atoms with Gasteiger partial charge >= 0.3 is 0 Å². The second-order valence-electron chi connectivity index (χ2n) is 5.37. The third-order valence-corrected chi connectivity index (χ3v) is 5.03. The summed E-state index contributed by atoms with van der Waals surface area (Å²) < 4.78 is 5.68. The summed E-state index contributed by atoms with van der Waals surface area (Å²) in [7, 11) is -1.58. The standard InChI is InChI=1S/C19H15O2P/c20-22-19-13-15(12-14-6-2-1-3-7-14)10-11-17(19)16-8-4-5-9-18(16)21-22/h1-11,13,20H,12H2. The molecule has 3 aromatic rings. The number of benzene rings is 3. The SMILES string of the molecule is OP1Oc2ccccc2-c2ccc(Cc3ccccc3)cc21. The molecule has 0 radical (unpaired) electrons. The van der Waals surface area contributed by atoms with Crippen molar-refractivity contribution in [2.45, 2.75) is 6.42 Å². The highest BCUT2D eigenvalue weighted by Crippen LogP contribution is 2.46. The van der Waals surface area contributed by atoms with Gasteiger partial charge in [-0.1, -0.05) is 60.7 Å². The molecular weight excluding hydrogens is 291 g/mol. The van der Waals surface area contributed by atoms with Crippen molar-refractivity contribution in [1.29, 1.82) is 0 Å². The Morgan fingerprint density at radius 1 is 0.773 bits per heavy atom. The Kier molecular flexibility index (Phi) is 3.42. The number of rotatable bonds is 2. The topological polar surface area (TPSA) is 29.5 Å². The molecule has 1 unspecified atom stereocenters. The van der Waals surface area contributed by atoms with Gasteiger partial charge in [0.05, 0.1) is 5.30 Å². The molecule has 1 heterocycles. The lowest BCUT2D eigenvalue weighted by Crippen LogP contribution is -2.14. The van der Waals surface area contributed by atoms with E-state index < -0.39 is 8.38 Å². The minimum atomic E-state index is -1.58. The maximum absolute atomic E-state index is 10.3. The quantitative estimate of drug-likeness (QED) is 0.717. The fourth-order valence-corrected chi connectivity index (χ4v) is 3.94. The summed E-state index contributed by atoms with van der Waals surface area (Å²) in [5, 5.41) is 0.905. The number of hydrogen-bond acceptors (Lipinski definition) is 2. The normalized spacial score (nSPS) is 15.6. The average molecular weight is 306 g/mol. The van der Waals surface area contributed by atoms with E-state index in [1.54, 1.807) is 0 Å². The molecule has 2 nitrogen and oxygen atoms in total. The van der Waals surface area contributed by atoms with E-state index in [1.165, 1.54) is 11.1 Å². The molecule has 1 aliphatic rings. The van der Waals surface area contributed by atoms with Crippen LogP contribution in [-0.2, 0) is 6.42 Å². The van der Waals surface area contributed by atoms with Gasteiger partial charge in [-0.3, -0.25) is 0 Å². The average Bonchev–Trinajstić information content (AvgIpc) is 2.56. The Labute approximate surface area is 130 Å². The van der Waals surface area contributed by atoms with Gasteiger partial charge in [0, 0.05) is 5.56 Å². The molecule has 1 N–H and O–H groups in total. The maximum Gasteiger partial charge on any atom is 0.262 e. The zero-order chi connectivity index (χ0) is 14.9. The third kappa shape index (κ3) is 2.41. The molecule has 1 atom stereocenters. The lowest BCUT2D eigenvalue weighted by atomic mass is 9.99. The number of fused-ring (bicyclic) bond motifs is 3. The van der Waals surface area contributed by atoms with Gasteiger partial charge in [0.2, 0.25) is 0 Å². The van der Waals surface area contributed by atoms with Crippen LogP contribution in [0.4, 0.5) is 0 Å². The lowest BCUT2D eigenvalue weighted by Gasteiger charge is -2.24. The van der Waals surface area contributed by atoms with Crippen LogP contribution in [0.3, 0.4) is 0 Å². The Morgan fingerprint density at radius 2 is 1.55 bits per heavy atom. The van der Waals surface area contributed by atoms with Crippen molar-refractivity contribution in [3.63, 3.8) is 0 Å². The first kappa shape index (κ1) is 13.5. The molecule has 0 amide bonds. The van der Waals surface area contributed by atoms with Crippen molar-refractivity contribution in [2.24, 2.45) is 0 Å². The molecular formula is C19H15O2P. The van der Waals surface area contributed by atoms with Crippen LogP contribution < -0.4 is 9.83 Å². The van der Waals surface area contributed by atoms with E-state index >= 15 is 0 Å². The zero-order valence-corrected chi connectivity index (χ0v) is 12.8. The van der Waals surface area contributed by atoms with E-state index in [0.717, 1.165) is 28.6 Å². The van der Waals surface area contributed by atoms with Gasteiger partial charge in [0.25, 0.3) is 8.38 Å². The van der Waals surface area contributed by atoms with Crippen molar-refractivity contribution in [3.05, 3.63) is 83.9 Å². The van der Waals surface area contributed by atoms with Gasteiger partial charge in [-0.05, 0) is 35.2 Å². The summed E-state index contributed by atoms with van der Waals surface area (Å²) in [6.07, 6.45) is 0.860. The molecule has 0 bridgehead atoms. The van der Waals surface area contributed by atoms with E-state index in [4.69, 9.17) is 4.52 Å². The Hall–Kier alpha value is -2.15. The van der Waals surface area contributed by atoms with Crippen molar-refractivity contribution >= 4 is 13.7 Å². The predicted molar refractivity (Wildman–Crippen MR) is 90.5 cm³/mol. The van der Waals surface area contributed by atoms with Crippen LogP contribution >= 0.6 is 8.38 Å². The summed E-state index contributed by atoms with van der Waals surface area (Å²) in [6, 6.07) is 24.5. The van der Waals surface area contributed by atoms with Crippen LogP contribution in [-0.4, -0.2) is 4.89 Å². The number of hydrogen-bond donors (Lipinski definition) is 1. The minimum absolute atomic E-state index is 0.763. The van der Waals surface area contributed by atoms with E-state index in [2.05, 4.69) is 30.3 Å². The summed E-state index contributed by atoms with van der Waals surface area (Å²) in [5.74, 6) is 0.763. The first-order valence-corrected chi connectivity index (χ1v) is 8.46. The minimum Gasteiger partial charge on any atom is -0.443 e. The van der Waals surface area contributed by atoms with Crippen LogP contribution in [0.2, 0.25) is 0 Å². The number of para-hydroxylation sites is 1.